The molecule has 3 rings (SSSR count). The number of halogens is 1. The Morgan fingerprint density at radius 3 is 2.62 bits per heavy atom. The minimum atomic E-state index is -0.309. The summed E-state index contributed by atoms with van der Waals surface area (Å²) in [5, 5.41) is 3.42. The highest BCUT2D eigenvalue weighted by Crippen LogP contribution is 2.28. The first-order chi connectivity index (χ1) is 14.0. The van der Waals surface area contributed by atoms with Gasteiger partial charge in [-0.25, -0.2) is 4.98 Å². The van der Waals surface area contributed by atoms with Crippen LogP contribution in [0.4, 0.5) is 5.69 Å². The Balaban J connectivity index is 1.72. The van der Waals surface area contributed by atoms with Crippen LogP contribution in [-0.2, 0) is 4.79 Å². The predicted molar refractivity (Wildman–Crippen MR) is 114 cm³/mol. The molecule has 3 aromatic rings. The van der Waals surface area contributed by atoms with Gasteiger partial charge in [-0.3, -0.25) is 14.2 Å². The molecule has 0 unspecified atom stereocenters. The molecule has 0 saturated carbocycles. The Morgan fingerprint density at radius 2 is 1.93 bits per heavy atom. The van der Waals surface area contributed by atoms with E-state index >= 15 is 0 Å². The van der Waals surface area contributed by atoms with Gasteiger partial charge in [-0.2, -0.15) is 0 Å². The Labute approximate surface area is 176 Å². The molecule has 0 radical (unpaired) electrons. The van der Waals surface area contributed by atoms with Crippen LogP contribution in [0.25, 0.3) is 5.69 Å². The highest BCUT2D eigenvalue weighted by molar-refractivity contribution is 7.99. The number of benzene rings is 2. The average Bonchev–Trinajstić information content (AvgIpc) is 2.73. The van der Waals surface area contributed by atoms with Crippen LogP contribution in [0.1, 0.15) is 0 Å². The molecule has 0 saturated heterocycles. The number of hydrogen-bond donors (Lipinski definition) is 1. The van der Waals surface area contributed by atoms with Crippen molar-refractivity contribution in [3.63, 3.8) is 0 Å². The first kappa shape index (κ1) is 20.8. The van der Waals surface area contributed by atoms with Crippen molar-refractivity contribution >= 4 is 35.0 Å². The summed E-state index contributed by atoms with van der Waals surface area (Å²) in [6.45, 7) is 0. The smallest absolute Gasteiger partial charge is 0.287 e. The Kier molecular flexibility index (Phi) is 6.79. The summed E-state index contributed by atoms with van der Waals surface area (Å²) in [7, 11) is 3.08. The number of carbonyl (C=O) groups is 1. The van der Waals surface area contributed by atoms with Crippen molar-refractivity contribution in [2.45, 2.75) is 5.03 Å². The molecule has 0 aliphatic carbocycles. The first-order valence-electron chi connectivity index (χ1n) is 8.50. The van der Waals surface area contributed by atoms with E-state index in [9.17, 15) is 9.59 Å². The number of hydrogen-bond acceptors (Lipinski definition) is 6. The lowest BCUT2D eigenvalue weighted by atomic mass is 10.3. The van der Waals surface area contributed by atoms with Crippen LogP contribution < -0.4 is 20.3 Å². The SMILES string of the molecule is COc1ccc(-n2ccnc(SCC(=O)Nc3cc(Cl)ccc3OC)c2=O)cc1. The maximum atomic E-state index is 12.7. The summed E-state index contributed by atoms with van der Waals surface area (Å²) in [5.74, 6) is 0.882. The van der Waals surface area contributed by atoms with Gasteiger partial charge < -0.3 is 14.8 Å². The number of thioether (sulfide) groups is 1. The molecule has 9 heteroatoms. The van der Waals surface area contributed by atoms with E-state index in [0.29, 0.717) is 27.9 Å². The molecule has 29 heavy (non-hydrogen) atoms. The van der Waals surface area contributed by atoms with Gasteiger partial charge >= 0.3 is 0 Å². The van der Waals surface area contributed by atoms with Gasteiger partial charge in [0.05, 0.1) is 25.7 Å². The fraction of sp³-hybridized carbons (Fsp3) is 0.150. The Hall–Kier alpha value is -2.97. The zero-order valence-corrected chi connectivity index (χ0v) is 17.3. The van der Waals surface area contributed by atoms with Gasteiger partial charge in [-0.05, 0) is 42.5 Å². The molecule has 1 amide bonds. The lowest BCUT2D eigenvalue weighted by molar-refractivity contribution is -0.113. The van der Waals surface area contributed by atoms with Crippen molar-refractivity contribution in [1.29, 1.82) is 0 Å². The van der Waals surface area contributed by atoms with Crippen LogP contribution in [0.3, 0.4) is 0 Å². The van der Waals surface area contributed by atoms with Crippen molar-refractivity contribution in [2.75, 3.05) is 25.3 Å². The third-order valence-corrected chi connectivity index (χ3v) is 5.13. The predicted octanol–water partition coefficient (Wildman–Crippen LogP) is 3.63. The standard InChI is InChI=1S/C20H18ClN3O4S/c1-27-15-6-4-14(5-7-15)24-10-9-22-19(20(24)26)29-12-18(25)23-16-11-13(21)3-8-17(16)28-2/h3-11H,12H2,1-2H3,(H,23,25). The van der Waals surface area contributed by atoms with Gasteiger partial charge in [0, 0.05) is 23.1 Å². The lowest BCUT2D eigenvalue weighted by Crippen LogP contribution is -2.22. The molecule has 0 aliphatic heterocycles. The number of ether oxygens (including phenoxy) is 2. The minimum absolute atomic E-state index is 0.00450. The summed E-state index contributed by atoms with van der Waals surface area (Å²) in [4.78, 5) is 29.1. The van der Waals surface area contributed by atoms with E-state index < -0.39 is 0 Å². The van der Waals surface area contributed by atoms with Gasteiger partial charge in [0.25, 0.3) is 5.56 Å². The van der Waals surface area contributed by atoms with E-state index in [2.05, 4.69) is 10.3 Å². The van der Waals surface area contributed by atoms with Crippen molar-refractivity contribution in [3.8, 4) is 17.2 Å². The van der Waals surface area contributed by atoms with Gasteiger partial charge in [0.15, 0.2) is 5.03 Å². The fourth-order valence-electron chi connectivity index (χ4n) is 2.54. The Morgan fingerprint density at radius 1 is 1.17 bits per heavy atom. The second-order valence-electron chi connectivity index (χ2n) is 5.79. The minimum Gasteiger partial charge on any atom is -0.497 e. The van der Waals surface area contributed by atoms with Crippen molar-refractivity contribution in [1.82, 2.24) is 9.55 Å². The highest BCUT2D eigenvalue weighted by Gasteiger charge is 2.12. The molecule has 1 N–H and O–H groups in total. The average molecular weight is 432 g/mol. The molecule has 0 bridgehead atoms. The third kappa shape index (κ3) is 5.10. The zero-order valence-electron chi connectivity index (χ0n) is 15.7. The van der Waals surface area contributed by atoms with Gasteiger partial charge in [-0.15, -0.1) is 0 Å². The number of aromatic nitrogens is 2. The maximum absolute atomic E-state index is 12.7. The molecular formula is C20H18ClN3O4S. The summed E-state index contributed by atoms with van der Waals surface area (Å²) in [6, 6.07) is 12.0. The van der Waals surface area contributed by atoms with Crippen LogP contribution in [0.5, 0.6) is 11.5 Å². The number of carbonyl (C=O) groups excluding carboxylic acids is 1. The van der Waals surface area contributed by atoms with Gasteiger partial charge in [0.2, 0.25) is 5.91 Å². The molecule has 0 atom stereocenters. The maximum Gasteiger partial charge on any atom is 0.287 e. The van der Waals surface area contributed by atoms with Crippen LogP contribution >= 0.6 is 23.4 Å². The second kappa shape index (κ2) is 9.49. The molecule has 0 spiro atoms. The highest BCUT2D eigenvalue weighted by atomic mass is 35.5. The Bertz CT molecular complexity index is 1070. The molecule has 0 fully saturated rings. The molecule has 1 heterocycles. The van der Waals surface area contributed by atoms with Crippen molar-refractivity contribution in [3.05, 3.63) is 70.2 Å². The van der Waals surface area contributed by atoms with Crippen molar-refractivity contribution in [2.24, 2.45) is 0 Å². The van der Waals surface area contributed by atoms with E-state index in [1.807, 2.05) is 0 Å². The second-order valence-corrected chi connectivity index (χ2v) is 7.19. The van der Waals surface area contributed by atoms with E-state index in [0.717, 1.165) is 11.8 Å². The number of nitrogens with one attached hydrogen (secondary N) is 1. The lowest BCUT2D eigenvalue weighted by Gasteiger charge is -2.11. The van der Waals surface area contributed by atoms with Crippen molar-refractivity contribution < 1.29 is 14.3 Å². The van der Waals surface area contributed by atoms with E-state index in [-0.39, 0.29) is 22.2 Å². The van der Waals surface area contributed by atoms with Gasteiger partial charge in [0.1, 0.15) is 11.5 Å². The summed E-state index contributed by atoms with van der Waals surface area (Å²) in [6.07, 6.45) is 3.09. The number of rotatable bonds is 7. The fourth-order valence-corrected chi connectivity index (χ4v) is 3.41. The summed E-state index contributed by atoms with van der Waals surface area (Å²) < 4.78 is 11.8. The quantitative estimate of drug-likeness (QED) is 0.575. The van der Waals surface area contributed by atoms with Gasteiger partial charge in [-0.1, -0.05) is 23.4 Å². The zero-order chi connectivity index (χ0) is 20.8. The van der Waals surface area contributed by atoms with E-state index in [4.69, 9.17) is 21.1 Å². The molecule has 0 aliphatic rings. The molecular weight excluding hydrogens is 414 g/mol. The summed E-state index contributed by atoms with van der Waals surface area (Å²) in [5.41, 5.74) is 0.825. The number of methoxy groups -OCH3 is 2. The molecule has 2 aromatic carbocycles. The molecule has 7 nitrogen and oxygen atoms in total. The van der Waals surface area contributed by atoms with Crippen LogP contribution in [0.15, 0.2) is 64.7 Å². The normalized spacial score (nSPS) is 10.4. The molecule has 1 aromatic heterocycles. The van der Waals surface area contributed by atoms with Crippen LogP contribution in [-0.4, -0.2) is 35.4 Å². The first-order valence-corrected chi connectivity index (χ1v) is 9.86. The number of amides is 1. The third-order valence-electron chi connectivity index (χ3n) is 3.94. The summed E-state index contributed by atoms with van der Waals surface area (Å²) >= 11 is 7.03. The largest absolute Gasteiger partial charge is 0.497 e. The van der Waals surface area contributed by atoms with Crippen LogP contribution in [0.2, 0.25) is 5.02 Å². The van der Waals surface area contributed by atoms with E-state index in [1.54, 1.807) is 55.8 Å². The van der Waals surface area contributed by atoms with Crippen LogP contribution in [0, 0.1) is 0 Å². The molecule has 150 valence electrons. The number of anilines is 1. The number of nitrogens with zero attached hydrogens (tertiary/aromatic N) is 2. The topological polar surface area (TPSA) is 82.5 Å². The van der Waals surface area contributed by atoms with E-state index in [1.165, 1.54) is 17.9 Å². The monoisotopic (exact) mass is 431 g/mol.